The second-order valence-electron chi connectivity index (χ2n) is 3.80. The summed E-state index contributed by atoms with van der Waals surface area (Å²) in [6, 6.07) is 2.62. The van der Waals surface area contributed by atoms with Crippen molar-refractivity contribution in [2.24, 2.45) is 0 Å². The van der Waals surface area contributed by atoms with Crippen LogP contribution in [0.4, 0.5) is 4.39 Å². The van der Waals surface area contributed by atoms with Crippen LogP contribution in [0.15, 0.2) is 12.1 Å². The van der Waals surface area contributed by atoms with E-state index in [0.717, 1.165) is 0 Å². The van der Waals surface area contributed by atoms with E-state index >= 15 is 0 Å². The molecule has 0 heterocycles. The molecule has 0 aliphatic carbocycles. The number of aryl methyl sites for hydroxylation is 1. The number of carbonyl (C=O) groups excluding carboxylic acids is 2. The van der Waals surface area contributed by atoms with Crippen LogP contribution in [0.1, 0.15) is 15.9 Å². The zero-order chi connectivity index (χ0) is 14.3. The van der Waals surface area contributed by atoms with E-state index in [-0.39, 0.29) is 24.5 Å². The molecule has 6 heteroatoms. The Morgan fingerprint density at radius 3 is 2.74 bits per heavy atom. The van der Waals surface area contributed by atoms with Gasteiger partial charge >= 0.3 is 5.97 Å². The number of methoxy groups -OCH3 is 1. The lowest BCUT2D eigenvalue weighted by Crippen LogP contribution is -2.18. The highest BCUT2D eigenvalue weighted by Gasteiger charge is 2.15. The fourth-order valence-electron chi connectivity index (χ4n) is 1.39. The molecule has 5 nitrogen and oxygen atoms in total. The van der Waals surface area contributed by atoms with Crippen LogP contribution in [-0.4, -0.2) is 39.2 Å². The lowest BCUT2D eigenvalue weighted by molar-refractivity contribution is -0.140. The van der Waals surface area contributed by atoms with E-state index in [1.165, 1.54) is 19.2 Å². The van der Waals surface area contributed by atoms with Gasteiger partial charge in [0.15, 0.2) is 17.9 Å². The third-order valence-corrected chi connectivity index (χ3v) is 2.21. The Labute approximate surface area is 110 Å². The number of halogens is 1. The molecule has 104 valence electrons. The Morgan fingerprint density at radius 2 is 2.11 bits per heavy atom. The van der Waals surface area contributed by atoms with Crippen LogP contribution in [0.5, 0.6) is 5.75 Å². The molecule has 1 aromatic carbocycles. The van der Waals surface area contributed by atoms with Gasteiger partial charge in [-0.05, 0) is 24.6 Å². The number of ether oxygens (including phenoxy) is 3. The molecule has 19 heavy (non-hydrogen) atoms. The Hall–Kier alpha value is -1.79. The highest BCUT2D eigenvalue weighted by molar-refractivity contribution is 5.83. The van der Waals surface area contributed by atoms with Gasteiger partial charge in [-0.1, -0.05) is 0 Å². The first-order valence-corrected chi connectivity index (χ1v) is 5.61. The molecule has 0 bridgehead atoms. The molecule has 0 unspecified atom stereocenters. The van der Waals surface area contributed by atoms with Crippen LogP contribution < -0.4 is 4.74 Å². The predicted molar refractivity (Wildman–Crippen MR) is 64.9 cm³/mol. The molecular weight excluding hydrogens is 255 g/mol. The van der Waals surface area contributed by atoms with E-state index < -0.39 is 11.8 Å². The summed E-state index contributed by atoms with van der Waals surface area (Å²) in [5.74, 6) is -1.91. The predicted octanol–water partition coefficient (Wildman–Crippen LogP) is 1.52. The Balaban J connectivity index is 2.66. The molecule has 0 N–H and O–H groups in total. The number of aldehydes is 1. The van der Waals surface area contributed by atoms with Crippen molar-refractivity contribution in [1.82, 2.24) is 0 Å². The lowest BCUT2D eigenvalue weighted by Gasteiger charge is -2.09. The second-order valence-corrected chi connectivity index (χ2v) is 3.80. The topological polar surface area (TPSA) is 61.8 Å². The van der Waals surface area contributed by atoms with Gasteiger partial charge in [-0.25, -0.2) is 9.18 Å². The molecule has 0 spiro atoms. The second kappa shape index (κ2) is 7.60. The van der Waals surface area contributed by atoms with Gasteiger partial charge in [0, 0.05) is 7.11 Å². The van der Waals surface area contributed by atoms with Gasteiger partial charge in [0.05, 0.1) is 18.8 Å². The Kier molecular flexibility index (Phi) is 6.11. The molecule has 1 rings (SSSR count). The fraction of sp³-hybridized carbons (Fsp3) is 0.385. The van der Waals surface area contributed by atoms with E-state index in [4.69, 9.17) is 14.2 Å². The van der Waals surface area contributed by atoms with Gasteiger partial charge in [-0.15, -0.1) is 0 Å². The number of benzene rings is 1. The smallest absolute Gasteiger partial charge is 0.337 e. The summed E-state index contributed by atoms with van der Waals surface area (Å²) < 4.78 is 28.1. The molecule has 0 aliphatic heterocycles. The molecule has 0 fully saturated rings. The zero-order valence-electron chi connectivity index (χ0n) is 10.8. The minimum atomic E-state index is -0.776. The molecule has 0 saturated heterocycles. The molecule has 1 aromatic rings. The van der Waals surface area contributed by atoms with Gasteiger partial charge in [0.2, 0.25) is 0 Å². The molecule has 0 atom stereocenters. The first-order valence-electron chi connectivity index (χ1n) is 5.61. The van der Waals surface area contributed by atoms with Crippen LogP contribution in [0.2, 0.25) is 0 Å². The molecule has 0 aromatic heterocycles. The van der Waals surface area contributed by atoms with E-state index in [1.807, 2.05) is 0 Å². The lowest BCUT2D eigenvalue weighted by atomic mass is 10.1. The van der Waals surface area contributed by atoms with Crippen LogP contribution in [0, 0.1) is 12.7 Å². The van der Waals surface area contributed by atoms with Gasteiger partial charge < -0.3 is 14.2 Å². The maximum Gasteiger partial charge on any atom is 0.337 e. The van der Waals surface area contributed by atoms with Gasteiger partial charge in [-0.2, -0.15) is 0 Å². The summed E-state index contributed by atoms with van der Waals surface area (Å²) >= 11 is 0. The van der Waals surface area contributed by atoms with Crippen LogP contribution in [-0.2, 0) is 14.3 Å². The maximum absolute atomic E-state index is 13.6. The van der Waals surface area contributed by atoms with Crippen molar-refractivity contribution in [3.8, 4) is 5.75 Å². The number of hydrogen-bond donors (Lipinski definition) is 0. The average Bonchev–Trinajstić information content (AvgIpc) is 2.37. The first kappa shape index (κ1) is 15.3. The number of rotatable bonds is 7. The summed E-state index contributed by atoms with van der Waals surface area (Å²) in [6.07, 6.45) is 0.435. The summed E-state index contributed by atoms with van der Waals surface area (Å²) in [4.78, 5) is 22.2. The first-order chi connectivity index (χ1) is 9.08. The van der Waals surface area contributed by atoms with Crippen molar-refractivity contribution < 1.29 is 28.2 Å². The average molecular weight is 270 g/mol. The zero-order valence-corrected chi connectivity index (χ0v) is 10.8. The highest BCUT2D eigenvalue weighted by Crippen LogP contribution is 2.23. The molecule has 0 saturated carbocycles. The summed E-state index contributed by atoms with van der Waals surface area (Å²) in [5, 5.41) is 0. The maximum atomic E-state index is 13.6. The SMILES string of the molecule is COCCOCC(=O)Oc1c(F)cc(C)cc1C=O. The largest absolute Gasteiger partial charge is 0.421 e. The van der Waals surface area contributed by atoms with Crippen molar-refractivity contribution in [3.63, 3.8) is 0 Å². The molecule has 0 radical (unpaired) electrons. The minimum Gasteiger partial charge on any atom is -0.421 e. The minimum absolute atomic E-state index is 0.0114. The summed E-state index contributed by atoms with van der Waals surface area (Å²) in [7, 11) is 1.50. The van der Waals surface area contributed by atoms with Crippen LogP contribution in [0.25, 0.3) is 0 Å². The normalized spacial score (nSPS) is 10.3. The monoisotopic (exact) mass is 270 g/mol. The Bertz CT molecular complexity index is 459. The van der Waals surface area contributed by atoms with Crippen molar-refractivity contribution in [3.05, 3.63) is 29.1 Å². The number of esters is 1. The van der Waals surface area contributed by atoms with Crippen molar-refractivity contribution in [2.75, 3.05) is 26.9 Å². The summed E-state index contributed by atoms with van der Waals surface area (Å²) in [6.45, 7) is 1.86. The standard InChI is InChI=1S/C13H15FO5/c1-9-5-10(7-15)13(11(14)6-9)19-12(16)8-18-4-3-17-2/h5-7H,3-4,8H2,1-2H3. The molecular formula is C13H15FO5. The highest BCUT2D eigenvalue weighted by atomic mass is 19.1. The van der Waals surface area contributed by atoms with E-state index in [9.17, 15) is 14.0 Å². The van der Waals surface area contributed by atoms with Gasteiger partial charge in [-0.3, -0.25) is 4.79 Å². The third-order valence-electron chi connectivity index (χ3n) is 2.21. The number of carbonyl (C=O) groups is 2. The van der Waals surface area contributed by atoms with Crippen molar-refractivity contribution in [1.29, 1.82) is 0 Å². The quantitative estimate of drug-likeness (QED) is 0.325. The summed E-state index contributed by atoms with van der Waals surface area (Å²) in [5.41, 5.74) is 0.554. The van der Waals surface area contributed by atoms with Gasteiger partial charge in [0.1, 0.15) is 6.61 Å². The number of hydrogen-bond acceptors (Lipinski definition) is 5. The molecule has 0 aliphatic rings. The van der Waals surface area contributed by atoms with Crippen molar-refractivity contribution >= 4 is 12.3 Å². The van der Waals surface area contributed by atoms with Crippen LogP contribution in [0.3, 0.4) is 0 Å². The van der Waals surface area contributed by atoms with Crippen molar-refractivity contribution in [2.45, 2.75) is 6.92 Å². The van der Waals surface area contributed by atoms with E-state index in [0.29, 0.717) is 18.5 Å². The van der Waals surface area contributed by atoms with E-state index in [2.05, 4.69) is 0 Å². The fourth-order valence-corrected chi connectivity index (χ4v) is 1.39. The Morgan fingerprint density at radius 1 is 1.37 bits per heavy atom. The third kappa shape index (κ3) is 4.76. The van der Waals surface area contributed by atoms with Crippen LogP contribution >= 0.6 is 0 Å². The molecule has 0 amide bonds. The van der Waals surface area contributed by atoms with Gasteiger partial charge in [0.25, 0.3) is 0 Å². The van der Waals surface area contributed by atoms with E-state index in [1.54, 1.807) is 6.92 Å².